The number of hydrogen-bond acceptors (Lipinski definition) is 3. The molecule has 0 radical (unpaired) electrons. The Hall–Kier alpha value is -1.16. The van der Waals surface area contributed by atoms with Gasteiger partial charge in [0.1, 0.15) is 5.78 Å². The summed E-state index contributed by atoms with van der Waals surface area (Å²) >= 11 is 0. The topological polar surface area (TPSA) is 46.9 Å². The summed E-state index contributed by atoms with van der Waals surface area (Å²) in [5.74, 6) is 0.255. The van der Waals surface area contributed by atoms with Crippen LogP contribution in [0.3, 0.4) is 0 Å². The first-order valence-electron chi connectivity index (χ1n) is 5.31. The summed E-state index contributed by atoms with van der Waals surface area (Å²) < 4.78 is 1.81. The lowest BCUT2D eigenvalue weighted by molar-refractivity contribution is -0.118. The molecule has 84 valence electrons. The molecule has 1 rings (SSSR count). The predicted octanol–water partition coefficient (Wildman–Crippen LogP) is 0.920. The zero-order valence-corrected chi connectivity index (χ0v) is 9.66. The van der Waals surface area contributed by atoms with Crippen LogP contribution in [0, 0.1) is 0 Å². The van der Waals surface area contributed by atoms with Crippen molar-refractivity contribution in [3.63, 3.8) is 0 Å². The smallest absolute Gasteiger partial charge is 0.147 e. The highest BCUT2D eigenvalue weighted by Crippen LogP contribution is 2.01. The number of carbonyl (C=O) groups excluding carboxylic acids is 1. The number of carbonyl (C=O) groups is 1. The number of aromatic nitrogens is 2. The molecule has 1 N–H and O–H groups in total. The quantitative estimate of drug-likeness (QED) is 0.758. The minimum Gasteiger partial charge on any atom is -0.308 e. The van der Waals surface area contributed by atoms with Gasteiger partial charge in [-0.25, -0.2) is 0 Å². The van der Waals surface area contributed by atoms with E-state index >= 15 is 0 Å². The van der Waals surface area contributed by atoms with Crippen molar-refractivity contribution in [3.05, 3.63) is 18.0 Å². The monoisotopic (exact) mass is 209 g/mol. The molecule has 4 nitrogen and oxygen atoms in total. The Balaban J connectivity index is 2.26. The van der Waals surface area contributed by atoms with Crippen LogP contribution in [0.4, 0.5) is 0 Å². The first-order chi connectivity index (χ1) is 7.09. The van der Waals surface area contributed by atoms with Gasteiger partial charge in [-0.1, -0.05) is 13.8 Å². The third kappa shape index (κ3) is 4.25. The maximum Gasteiger partial charge on any atom is 0.147 e. The Bertz CT molecular complexity index is 317. The normalized spacial score (nSPS) is 10.9. The molecule has 1 aromatic rings. The lowest BCUT2D eigenvalue weighted by Gasteiger charge is -2.06. The Labute approximate surface area is 90.7 Å². The highest BCUT2D eigenvalue weighted by molar-refractivity contribution is 5.80. The highest BCUT2D eigenvalue weighted by atomic mass is 16.1. The summed E-state index contributed by atoms with van der Waals surface area (Å²) in [6.45, 7) is 4.54. The molecular weight excluding hydrogens is 190 g/mol. The van der Waals surface area contributed by atoms with Crippen molar-refractivity contribution in [1.82, 2.24) is 15.1 Å². The summed E-state index contributed by atoms with van der Waals surface area (Å²) in [4.78, 5) is 11.5. The van der Waals surface area contributed by atoms with Crippen LogP contribution < -0.4 is 5.32 Å². The molecule has 0 amide bonds. The molecule has 0 fully saturated rings. The third-order valence-corrected chi connectivity index (χ3v) is 2.29. The van der Waals surface area contributed by atoms with Crippen molar-refractivity contribution >= 4 is 5.78 Å². The molecule has 0 saturated carbocycles. The third-order valence-electron chi connectivity index (χ3n) is 2.29. The van der Waals surface area contributed by atoms with E-state index in [1.165, 1.54) is 0 Å². The second-order valence-electron chi connectivity index (χ2n) is 4.02. The van der Waals surface area contributed by atoms with E-state index in [9.17, 15) is 4.79 Å². The molecule has 4 heteroatoms. The number of nitrogens with one attached hydrogen (secondary N) is 1. The van der Waals surface area contributed by atoms with Gasteiger partial charge in [-0.05, 0) is 12.5 Å². The zero-order valence-electron chi connectivity index (χ0n) is 9.66. The first kappa shape index (κ1) is 11.9. The van der Waals surface area contributed by atoms with Crippen LogP contribution in [-0.4, -0.2) is 28.2 Å². The molecule has 1 aromatic heterocycles. The van der Waals surface area contributed by atoms with Crippen molar-refractivity contribution in [1.29, 1.82) is 0 Å². The number of Topliss-reactive ketones (excluding diaryl/α,β-unsaturated/α-hetero) is 1. The molecule has 0 atom stereocenters. The SMILES string of the molecule is CC(C)NCC(=O)CCc1ccnn1C. The fraction of sp³-hybridized carbons (Fsp3) is 0.636. The minimum absolute atomic E-state index is 0.255. The van der Waals surface area contributed by atoms with Crippen LogP contribution in [0.1, 0.15) is 26.0 Å². The number of rotatable bonds is 6. The van der Waals surface area contributed by atoms with Crippen LogP contribution in [0.5, 0.6) is 0 Å². The fourth-order valence-electron chi connectivity index (χ4n) is 1.32. The van der Waals surface area contributed by atoms with E-state index in [2.05, 4.69) is 10.4 Å². The lowest BCUT2D eigenvalue weighted by atomic mass is 10.1. The minimum atomic E-state index is 0.255. The summed E-state index contributed by atoms with van der Waals surface area (Å²) in [5.41, 5.74) is 1.10. The van der Waals surface area contributed by atoms with Gasteiger partial charge in [0.05, 0.1) is 6.54 Å². The maximum absolute atomic E-state index is 11.5. The molecule has 0 aliphatic heterocycles. The largest absolute Gasteiger partial charge is 0.308 e. The Morgan fingerprint density at radius 1 is 1.60 bits per heavy atom. The average Bonchev–Trinajstić information content (AvgIpc) is 2.58. The zero-order chi connectivity index (χ0) is 11.3. The van der Waals surface area contributed by atoms with Gasteiger partial charge in [-0.2, -0.15) is 5.10 Å². The van der Waals surface area contributed by atoms with Crippen molar-refractivity contribution in [2.75, 3.05) is 6.54 Å². The van der Waals surface area contributed by atoms with Gasteiger partial charge in [0.25, 0.3) is 0 Å². The Kier molecular flexibility index (Phi) is 4.49. The molecule has 0 aliphatic carbocycles. The van der Waals surface area contributed by atoms with Crippen LogP contribution in [0.25, 0.3) is 0 Å². The maximum atomic E-state index is 11.5. The van der Waals surface area contributed by atoms with E-state index in [-0.39, 0.29) is 5.78 Å². The van der Waals surface area contributed by atoms with Gasteiger partial charge >= 0.3 is 0 Å². The summed E-state index contributed by atoms with van der Waals surface area (Å²) in [6.07, 6.45) is 3.11. The van der Waals surface area contributed by atoms with Crippen LogP contribution >= 0.6 is 0 Å². The average molecular weight is 209 g/mol. The molecule has 0 spiro atoms. The van der Waals surface area contributed by atoms with Gasteiger partial charge in [0, 0.05) is 31.4 Å². The second-order valence-corrected chi connectivity index (χ2v) is 4.02. The van der Waals surface area contributed by atoms with Crippen molar-refractivity contribution in [2.24, 2.45) is 7.05 Å². The van der Waals surface area contributed by atoms with Crippen molar-refractivity contribution in [2.45, 2.75) is 32.7 Å². The van der Waals surface area contributed by atoms with Crippen molar-refractivity contribution in [3.8, 4) is 0 Å². The molecule has 0 aliphatic rings. The van der Waals surface area contributed by atoms with Crippen LogP contribution in [0.2, 0.25) is 0 Å². The molecule has 0 aromatic carbocycles. The molecule has 15 heavy (non-hydrogen) atoms. The molecule has 0 saturated heterocycles. The van der Waals surface area contributed by atoms with E-state index < -0.39 is 0 Å². The predicted molar refractivity (Wildman–Crippen MR) is 59.7 cm³/mol. The van der Waals surface area contributed by atoms with Gasteiger partial charge in [0.2, 0.25) is 0 Å². The number of aryl methyl sites for hydroxylation is 2. The van der Waals surface area contributed by atoms with Gasteiger partial charge in [0.15, 0.2) is 0 Å². The van der Waals surface area contributed by atoms with Gasteiger partial charge < -0.3 is 5.32 Å². The van der Waals surface area contributed by atoms with Crippen LogP contribution in [-0.2, 0) is 18.3 Å². The molecular formula is C11H19N3O. The summed E-state index contributed by atoms with van der Waals surface area (Å²) in [7, 11) is 1.90. The number of ketones is 1. The standard InChI is InChI=1S/C11H19N3O/c1-9(2)12-8-11(15)5-4-10-6-7-13-14(10)3/h6-7,9,12H,4-5,8H2,1-3H3. The summed E-state index contributed by atoms with van der Waals surface area (Å²) in [6, 6.07) is 2.31. The van der Waals surface area contributed by atoms with E-state index in [0.29, 0.717) is 19.0 Å². The van der Waals surface area contributed by atoms with E-state index in [1.807, 2.05) is 31.6 Å². The lowest BCUT2D eigenvalue weighted by Crippen LogP contribution is -2.29. The van der Waals surface area contributed by atoms with Gasteiger partial charge in [-0.3, -0.25) is 9.48 Å². The van der Waals surface area contributed by atoms with E-state index in [0.717, 1.165) is 12.1 Å². The van der Waals surface area contributed by atoms with E-state index in [4.69, 9.17) is 0 Å². The Morgan fingerprint density at radius 3 is 2.87 bits per heavy atom. The van der Waals surface area contributed by atoms with Gasteiger partial charge in [-0.15, -0.1) is 0 Å². The molecule has 0 unspecified atom stereocenters. The number of hydrogen-bond donors (Lipinski definition) is 1. The fourth-order valence-corrected chi connectivity index (χ4v) is 1.32. The number of nitrogens with zero attached hydrogens (tertiary/aromatic N) is 2. The van der Waals surface area contributed by atoms with Crippen molar-refractivity contribution < 1.29 is 4.79 Å². The molecule has 0 bridgehead atoms. The van der Waals surface area contributed by atoms with E-state index in [1.54, 1.807) is 6.20 Å². The molecule has 1 heterocycles. The Morgan fingerprint density at radius 2 is 2.33 bits per heavy atom. The second kappa shape index (κ2) is 5.66. The highest BCUT2D eigenvalue weighted by Gasteiger charge is 2.05. The van der Waals surface area contributed by atoms with Crippen LogP contribution in [0.15, 0.2) is 12.3 Å². The first-order valence-corrected chi connectivity index (χ1v) is 5.31. The summed E-state index contributed by atoms with van der Waals surface area (Å²) in [5, 5.41) is 7.18.